The van der Waals surface area contributed by atoms with Gasteiger partial charge in [0.05, 0.1) is 0 Å². The van der Waals surface area contributed by atoms with Crippen molar-refractivity contribution in [2.75, 3.05) is 12.3 Å². The molecule has 1 saturated heterocycles. The van der Waals surface area contributed by atoms with Gasteiger partial charge in [0.25, 0.3) is 0 Å². The number of rotatable bonds is 2. The molecule has 1 aliphatic heterocycles. The van der Waals surface area contributed by atoms with Crippen LogP contribution in [0.4, 0.5) is 5.69 Å². The van der Waals surface area contributed by atoms with Crippen LogP contribution < -0.4 is 5.73 Å². The van der Waals surface area contributed by atoms with E-state index in [2.05, 4.69) is 46.8 Å². The van der Waals surface area contributed by atoms with Crippen LogP contribution in [0.25, 0.3) is 0 Å². The Morgan fingerprint density at radius 1 is 1.41 bits per heavy atom. The van der Waals surface area contributed by atoms with Gasteiger partial charge in [0.15, 0.2) is 0 Å². The van der Waals surface area contributed by atoms with Gasteiger partial charge in [0.1, 0.15) is 0 Å². The number of anilines is 1. The number of nitrogen functional groups attached to an aromatic ring is 1. The van der Waals surface area contributed by atoms with Gasteiger partial charge < -0.3 is 5.73 Å². The van der Waals surface area contributed by atoms with Gasteiger partial charge in [0, 0.05) is 22.7 Å². The molecule has 0 spiro atoms. The zero-order valence-electron chi connectivity index (χ0n) is 10.6. The van der Waals surface area contributed by atoms with E-state index >= 15 is 0 Å². The average Bonchev–Trinajstić information content (AvgIpc) is 2.30. The number of nitrogens with zero attached hydrogens (tertiary/aromatic N) is 1. The first kappa shape index (κ1) is 12.9. The summed E-state index contributed by atoms with van der Waals surface area (Å²) in [7, 11) is 0. The molecule has 0 saturated carbocycles. The van der Waals surface area contributed by atoms with Gasteiger partial charge in [0.2, 0.25) is 0 Å². The topological polar surface area (TPSA) is 29.3 Å². The molecule has 1 aromatic rings. The van der Waals surface area contributed by atoms with Gasteiger partial charge in [-0.15, -0.1) is 0 Å². The maximum Gasteiger partial charge on any atom is 0.0461 e. The van der Waals surface area contributed by atoms with Crippen molar-refractivity contribution in [1.82, 2.24) is 4.90 Å². The summed E-state index contributed by atoms with van der Waals surface area (Å²) in [6.07, 6.45) is 2.68. The first-order valence-electron chi connectivity index (χ1n) is 6.36. The highest BCUT2D eigenvalue weighted by Crippen LogP contribution is 2.26. The molecule has 0 amide bonds. The number of halogens is 1. The minimum absolute atomic E-state index is 0.675. The van der Waals surface area contributed by atoms with Crippen LogP contribution in [0.1, 0.15) is 32.3 Å². The highest BCUT2D eigenvalue weighted by atomic mass is 79.9. The number of benzene rings is 1. The Balaban J connectivity index is 2.07. The van der Waals surface area contributed by atoms with Crippen LogP contribution in [0.5, 0.6) is 0 Å². The highest BCUT2D eigenvalue weighted by Gasteiger charge is 2.24. The Bertz CT molecular complexity index is 392. The van der Waals surface area contributed by atoms with E-state index in [9.17, 15) is 0 Å². The molecule has 2 nitrogen and oxygen atoms in total. The predicted octanol–water partition coefficient (Wildman–Crippen LogP) is 3.65. The molecule has 0 bridgehead atoms. The zero-order chi connectivity index (χ0) is 12.4. The van der Waals surface area contributed by atoms with Gasteiger partial charge in [-0.2, -0.15) is 0 Å². The summed E-state index contributed by atoms with van der Waals surface area (Å²) < 4.78 is 0.987. The van der Waals surface area contributed by atoms with Crippen molar-refractivity contribution in [3.63, 3.8) is 0 Å². The lowest BCUT2D eigenvalue weighted by Gasteiger charge is -2.38. The first-order chi connectivity index (χ1) is 8.08. The maximum absolute atomic E-state index is 5.92. The lowest BCUT2D eigenvalue weighted by molar-refractivity contribution is 0.106. The molecule has 2 atom stereocenters. The minimum Gasteiger partial charge on any atom is -0.398 e. The summed E-state index contributed by atoms with van der Waals surface area (Å²) in [5, 5.41) is 0. The van der Waals surface area contributed by atoms with E-state index in [4.69, 9.17) is 5.73 Å². The monoisotopic (exact) mass is 296 g/mol. The van der Waals surface area contributed by atoms with Crippen molar-refractivity contribution >= 4 is 21.6 Å². The number of likely N-dealkylation sites (tertiary alicyclic amines) is 1. The summed E-state index contributed by atoms with van der Waals surface area (Å²) in [5.41, 5.74) is 8.07. The third-order valence-electron chi connectivity index (χ3n) is 3.95. The molecule has 2 unspecified atom stereocenters. The maximum atomic E-state index is 5.92. The fourth-order valence-corrected chi connectivity index (χ4v) is 2.82. The molecular weight excluding hydrogens is 276 g/mol. The number of hydrogen-bond acceptors (Lipinski definition) is 2. The fourth-order valence-electron chi connectivity index (χ4n) is 2.57. The second-order valence-corrected chi connectivity index (χ2v) is 6.04. The lowest BCUT2D eigenvalue weighted by atomic mass is 9.92. The minimum atomic E-state index is 0.675. The van der Waals surface area contributed by atoms with Gasteiger partial charge in [-0.25, -0.2) is 0 Å². The second kappa shape index (κ2) is 5.40. The van der Waals surface area contributed by atoms with Crippen LogP contribution in [0.2, 0.25) is 0 Å². The highest BCUT2D eigenvalue weighted by molar-refractivity contribution is 9.10. The van der Waals surface area contributed by atoms with E-state index < -0.39 is 0 Å². The molecule has 1 fully saturated rings. The van der Waals surface area contributed by atoms with E-state index in [1.165, 1.54) is 24.9 Å². The van der Waals surface area contributed by atoms with Crippen LogP contribution >= 0.6 is 15.9 Å². The van der Waals surface area contributed by atoms with Gasteiger partial charge in [-0.1, -0.05) is 13.0 Å². The van der Waals surface area contributed by atoms with Crippen molar-refractivity contribution in [1.29, 1.82) is 0 Å². The average molecular weight is 297 g/mol. The van der Waals surface area contributed by atoms with E-state index in [1.807, 2.05) is 6.07 Å². The number of hydrogen-bond donors (Lipinski definition) is 1. The van der Waals surface area contributed by atoms with Crippen LogP contribution in [-0.4, -0.2) is 17.5 Å². The molecule has 0 aliphatic carbocycles. The Hall–Kier alpha value is -0.540. The molecule has 0 aromatic heterocycles. The number of nitrogens with two attached hydrogens (primary N) is 1. The lowest BCUT2D eigenvalue weighted by Crippen LogP contribution is -2.41. The first-order valence-corrected chi connectivity index (χ1v) is 7.15. The molecule has 94 valence electrons. The Morgan fingerprint density at radius 3 is 2.88 bits per heavy atom. The molecule has 2 rings (SSSR count). The van der Waals surface area contributed by atoms with E-state index in [1.54, 1.807) is 0 Å². The zero-order valence-corrected chi connectivity index (χ0v) is 12.2. The van der Waals surface area contributed by atoms with Crippen LogP contribution in [0.3, 0.4) is 0 Å². The summed E-state index contributed by atoms with van der Waals surface area (Å²) in [4.78, 5) is 2.57. The molecule has 0 radical (unpaired) electrons. The van der Waals surface area contributed by atoms with E-state index in [0.717, 1.165) is 22.6 Å². The van der Waals surface area contributed by atoms with Crippen LogP contribution in [0.15, 0.2) is 22.7 Å². The van der Waals surface area contributed by atoms with Gasteiger partial charge >= 0.3 is 0 Å². The summed E-state index contributed by atoms with van der Waals surface area (Å²) in [5.74, 6) is 0.802. The molecule has 1 aliphatic rings. The molecule has 3 heteroatoms. The van der Waals surface area contributed by atoms with Crippen LogP contribution in [-0.2, 0) is 6.54 Å². The molecule has 2 N–H and O–H groups in total. The fraction of sp³-hybridized carbons (Fsp3) is 0.571. The summed E-state index contributed by atoms with van der Waals surface area (Å²) >= 11 is 3.44. The third-order valence-corrected chi connectivity index (χ3v) is 4.67. The third kappa shape index (κ3) is 3.02. The SMILES string of the molecule is CC1CCCN(Cc2ccc(Br)c(N)c2)C1C. The van der Waals surface area contributed by atoms with E-state index in [-0.39, 0.29) is 0 Å². The van der Waals surface area contributed by atoms with Crippen molar-refractivity contribution in [3.05, 3.63) is 28.2 Å². The second-order valence-electron chi connectivity index (χ2n) is 5.19. The van der Waals surface area contributed by atoms with Gasteiger partial charge in [-0.3, -0.25) is 4.90 Å². The standard InChI is InChI=1S/C14H21BrN2/c1-10-4-3-7-17(11(10)2)9-12-5-6-13(15)14(16)8-12/h5-6,8,10-11H,3-4,7,9,16H2,1-2H3. The van der Waals surface area contributed by atoms with Crippen molar-refractivity contribution in [3.8, 4) is 0 Å². The van der Waals surface area contributed by atoms with Crippen molar-refractivity contribution < 1.29 is 0 Å². The Labute approximate surface area is 112 Å². The molecular formula is C14H21BrN2. The Kier molecular flexibility index (Phi) is 4.10. The quantitative estimate of drug-likeness (QED) is 0.844. The molecule has 1 heterocycles. The molecule has 1 aromatic carbocycles. The smallest absolute Gasteiger partial charge is 0.0461 e. The normalized spacial score (nSPS) is 26.1. The van der Waals surface area contributed by atoms with Crippen molar-refractivity contribution in [2.24, 2.45) is 5.92 Å². The Morgan fingerprint density at radius 2 is 2.18 bits per heavy atom. The molecule has 17 heavy (non-hydrogen) atoms. The van der Waals surface area contributed by atoms with Crippen LogP contribution in [0, 0.1) is 5.92 Å². The predicted molar refractivity (Wildman–Crippen MR) is 76.8 cm³/mol. The largest absolute Gasteiger partial charge is 0.398 e. The number of piperidine rings is 1. The summed E-state index contributed by atoms with van der Waals surface area (Å²) in [6.45, 7) is 6.92. The summed E-state index contributed by atoms with van der Waals surface area (Å²) in [6, 6.07) is 6.96. The van der Waals surface area contributed by atoms with Gasteiger partial charge in [-0.05, 0) is 65.9 Å². The van der Waals surface area contributed by atoms with E-state index in [0.29, 0.717) is 6.04 Å². The van der Waals surface area contributed by atoms with Crippen molar-refractivity contribution in [2.45, 2.75) is 39.3 Å².